The number of nitrogens with one attached hydrogen (secondary N) is 1. The molecule has 12 nitrogen and oxygen atoms in total. The minimum Gasteiger partial charge on any atom is -0.431 e. The van der Waals surface area contributed by atoms with Crippen LogP contribution in [0.3, 0.4) is 0 Å². The van der Waals surface area contributed by atoms with E-state index in [4.69, 9.17) is 25.0 Å². The summed E-state index contributed by atoms with van der Waals surface area (Å²) in [6.07, 6.45) is 5.51. The highest BCUT2D eigenvalue weighted by molar-refractivity contribution is 5.64. The van der Waals surface area contributed by atoms with Crippen molar-refractivity contribution in [2.24, 2.45) is 5.73 Å². The standard InChI is InChI=1S/C30H38N6O6/c1-29(2,3)35-27(33-21-11-15-32-26(18-21)30(12-13-30)40-16-4-14-31)19-25(34-35)20-5-8-24(17-20)42-28(37)41-23-9-6-22(7-10-23)36(38)39/h6-7,9-11,15,18-20,24H,4-5,8,12-14,16-17,31H2,1-3H3,(H,32,33)/t20-,24+/m0/s1. The van der Waals surface area contributed by atoms with Crippen LogP contribution in [0.25, 0.3) is 0 Å². The molecular weight excluding hydrogens is 540 g/mol. The first-order valence-electron chi connectivity index (χ1n) is 14.4. The van der Waals surface area contributed by atoms with Gasteiger partial charge in [0.05, 0.1) is 21.9 Å². The number of nitrogens with zero attached hydrogens (tertiary/aromatic N) is 4. The Hall–Kier alpha value is -4.03. The SMILES string of the molecule is CC(C)(C)n1nc([C@H]2CC[C@@H](OC(=O)Oc3ccc([N+](=O)[O-])cc3)C2)cc1Nc1ccnc(C2(OCCCN)CC2)c1. The number of rotatable bonds is 11. The van der Waals surface area contributed by atoms with Gasteiger partial charge in [-0.25, -0.2) is 9.48 Å². The molecule has 0 bridgehead atoms. The molecule has 2 aliphatic carbocycles. The number of benzene rings is 1. The fourth-order valence-corrected chi connectivity index (χ4v) is 5.25. The van der Waals surface area contributed by atoms with Crippen LogP contribution in [0.5, 0.6) is 5.75 Å². The molecule has 42 heavy (non-hydrogen) atoms. The van der Waals surface area contributed by atoms with E-state index in [1.54, 1.807) is 6.20 Å². The Morgan fingerprint density at radius 1 is 1.19 bits per heavy atom. The highest BCUT2D eigenvalue weighted by Gasteiger charge is 2.47. The first-order valence-corrected chi connectivity index (χ1v) is 14.4. The molecule has 2 aliphatic rings. The lowest BCUT2D eigenvalue weighted by atomic mass is 10.0. The van der Waals surface area contributed by atoms with Crippen LogP contribution in [0.1, 0.15) is 76.6 Å². The minimum absolute atomic E-state index is 0.0820. The topological polar surface area (TPSA) is 157 Å². The largest absolute Gasteiger partial charge is 0.514 e. The van der Waals surface area contributed by atoms with E-state index in [9.17, 15) is 14.9 Å². The minimum atomic E-state index is -0.828. The highest BCUT2D eigenvalue weighted by atomic mass is 16.7. The van der Waals surface area contributed by atoms with Crippen LogP contribution < -0.4 is 15.8 Å². The number of anilines is 2. The molecule has 0 unspecified atom stereocenters. The number of hydrogen-bond donors (Lipinski definition) is 2. The fraction of sp³-hybridized carbons (Fsp3) is 0.500. The van der Waals surface area contributed by atoms with Crippen LogP contribution in [-0.2, 0) is 20.6 Å². The summed E-state index contributed by atoms with van der Waals surface area (Å²) in [5.74, 6) is 1.17. The molecule has 2 atom stereocenters. The summed E-state index contributed by atoms with van der Waals surface area (Å²) >= 11 is 0. The van der Waals surface area contributed by atoms with Crippen molar-refractivity contribution in [1.82, 2.24) is 14.8 Å². The van der Waals surface area contributed by atoms with Crippen molar-refractivity contribution in [3.63, 3.8) is 0 Å². The number of non-ortho nitro benzene ring substituents is 1. The van der Waals surface area contributed by atoms with Crippen molar-refractivity contribution in [3.8, 4) is 5.75 Å². The first kappa shape index (κ1) is 29.5. The molecule has 2 fully saturated rings. The Balaban J connectivity index is 1.24. The normalized spacial score (nSPS) is 19.3. The second-order valence-corrected chi connectivity index (χ2v) is 11.9. The van der Waals surface area contributed by atoms with E-state index in [1.165, 1.54) is 24.3 Å². The smallest absolute Gasteiger partial charge is 0.431 e. The Kier molecular flexibility index (Phi) is 8.46. The van der Waals surface area contributed by atoms with Crippen molar-refractivity contribution < 1.29 is 23.9 Å². The first-order chi connectivity index (χ1) is 20.1. The van der Waals surface area contributed by atoms with Crippen molar-refractivity contribution >= 4 is 23.3 Å². The molecule has 0 amide bonds. The van der Waals surface area contributed by atoms with Crippen molar-refractivity contribution in [2.75, 3.05) is 18.5 Å². The number of nitro benzene ring substituents is 1. The number of carbonyl (C=O) groups excluding carboxylic acids is 1. The summed E-state index contributed by atoms with van der Waals surface area (Å²) in [6, 6.07) is 11.3. The number of nitrogens with two attached hydrogens (primary N) is 1. The molecule has 224 valence electrons. The van der Waals surface area contributed by atoms with Gasteiger partial charge in [-0.2, -0.15) is 5.10 Å². The van der Waals surface area contributed by atoms with E-state index in [0.717, 1.165) is 48.6 Å². The molecule has 3 aromatic rings. The van der Waals surface area contributed by atoms with E-state index in [2.05, 4.69) is 37.1 Å². The van der Waals surface area contributed by atoms with E-state index in [0.29, 0.717) is 26.0 Å². The van der Waals surface area contributed by atoms with Gasteiger partial charge in [0.25, 0.3) is 5.69 Å². The molecular formula is C30H38N6O6. The zero-order valence-corrected chi connectivity index (χ0v) is 24.2. The van der Waals surface area contributed by atoms with Crippen LogP contribution in [0.2, 0.25) is 0 Å². The Morgan fingerprint density at radius 3 is 2.62 bits per heavy atom. The third kappa shape index (κ3) is 6.88. The van der Waals surface area contributed by atoms with Gasteiger partial charge in [0, 0.05) is 42.6 Å². The van der Waals surface area contributed by atoms with E-state index in [1.807, 2.05) is 16.8 Å². The average Bonchev–Trinajstić information content (AvgIpc) is 3.37. The second kappa shape index (κ2) is 12.1. The predicted octanol–water partition coefficient (Wildman–Crippen LogP) is 5.89. The molecule has 2 heterocycles. The van der Waals surface area contributed by atoms with Crippen molar-refractivity contribution in [3.05, 3.63) is 70.2 Å². The van der Waals surface area contributed by atoms with Crippen LogP contribution >= 0.6 is 0 Å². The van der Waals surface area contributed by atoms with Gasteiger partial charge in [0.15, 0.2) is 0 Å². The molecule has 0 radical (unpaired) electrons. The summed E-state index contributed by atoms with van der Waals surface area (Å²) in [5.41, 5.74) is 7.72. The molecule has 2 aromatic heterocycles. The van der Waals surface area contributed by atoms with E-state index < -0.39 is 11.1 Å². The van der Waals surface area contributed by atoms with Gasteiger partial charge < -0.3 is 25.3 Å². The zero-order chi connectivity index (χ0) is 29.9. The van der Waals surface area contributed by atoms with Crippen LogP contribution in [0.15, 0.2) is 48.7 Å². The van der Waals surface area contributed by atoms with Gasteiger partial charge in [-0.3, -0.25) is 15.1 Å². The lowest BCUT2D eigenvalue weighted by Gasteiger charge is -2.23. The molecule has 1 aromatic carbocycles. The van der Waals surface area contributed by atoms with Crippen LogP contribution in [-0.4, -0.2) is 45.1 Å². The van der Waals surface area contributed by atoms with Crippen molar-refractivity contribution in [1.29, 1.82) is 0 Å². The monoisotopic (exact) mass is 578 g/mol. The summed E-state index contributed by atoms with van der Waals surface area (Å²) in [7, 11) is 0. The van der Waals surface area contributed by atoms with Crippen molar-refractivity contribution in [2.45, 2.75) is 82.5 Å². The quantitative estimate of drug-likeness (QED) is 0.0924. The molecule has 3 N–H and O–H groups in total. The molecule has 0 spiro atoms. The fourth-order valence-electron chi connectivity index (χ4n) is 5.25. The van der Waals surface area contributed by atoms with E-state index >= 15 is 0 Å². The summed E-state index contributed by atoms with van der Waals surface area (Å²) in [4.78, 5) is 27.3. The van der Waals surface area contributed by atoms with Gasteiger partial charge >= 0.3 is 6.16 Å². The molecule has 0 aliphatic heterocycles. The zero-order valence-electron chi connectivity index (χ0n) is 24.2. The number of ether oxygens (including phenoxy) is 3. The lowest BCUT2D eigenvalue weighted by Crippen LogP contribution is -2.25. The lowest BCUT2D eigenvalue weighted by molar-refractivity contribution is -0.384. The summed E-state index contributed by atoms with van der Waals surface area (Å²) in [5, 5.41) is 19.3. The maximum Gasteiger partial charge on any atom is 0.514 e. The molecule has 12 heteroatoms. The molecule has 0 saturated heterocycles. The van der Waals surface area contributed by atoms with Crippen LogP contribution in [0.4, 0.5) is 22.0 Å². The van der Waals surface area contributed by atoms with Gasteiger partial charge in [0.2, 0.25) is 0 Å². The summed E-state index contributed by atoms with van der Waals surface area (Å²) < 4.78 is 18.9. The van der Waals surface area contributed by atoms with E-state index in [-0.39, 0.29) is 34.6 Å². The van der Waals surface area contributed by atoms with Crippen LogP contribution in [0, 0.1) is 10.1 Å². The number of pyridine rings is 1. The number of aromatic nitrogens is 3. The predicted molar refractivity (Wildman–Crippen MR) is 156 cm³/mol. The summed E-state index contributed by atoms with van der Waals surface area (Å²) in [6.45, 7) is 7.53. The second-order valence-electron chi connectivity index (χ2n) is 11.9. The number of carbonyl (C=O) groups is 1. The molecule has 5 rings (SSSR count). The Bertz CT molecular complexity index is 1410. The van der Waals surface area contributed by atoms with Gasteiger partial charge in [-0.05, 0) is 90.1 Å². The Morgan fingerprint density at radius 2 is 1.95 bits per heavy atom. The van der Waals surface area contributed by atoms with Gasteiger partial charge in [-0.15, -0.1) is 0 Å². The number of hydrogen-bond acceptors (Lipinski definition) is 10. The highest BCUT2D eigenvalue weighted by Crippen LogP contribution is 2.49. The number of nitro groups is 1. The third-order valence-corrected chi connectivity index (χ3v) is 7.61. The third-order valence-electron chi connectivity index (χ3n) is 7.61. The Labute approximate surface area is 244 Å². The molecule has 2 saturated carbocycles. The van der Waals surface area contributed by atoms with Gasteiger partial charge in [-0.1, -0.05) is 0 Å². The maximum absolute atomic E-state index is 12.4. The van der Waals surface area contributed by atoms with Gasteiger partial charge in [0.1, 0.15) is 23.3 Å². The maximum atomic E-state index is 12.4. The average molecular weight is 579 g/mol.